The minimum Gasteiger partial charge on any atom is -0.442 e. The molecule has 0 aromatic heterocycles. The molecule has 2 fully saturated rings. The Morgan fingerprint density at radius 2 is 1.82 bits per heavy atom. The summed E-state index contributed by atoms with van der Waals surface area (Å²) in [5.74, 6) is -0.548. The lowest BCUT2D eigenvalue weighted by molar-refractivity contribution is 0.0746. The van der Waals surface area contributed by atoms with Gasteiger partial charge in [0.05, 0.1) is 24.5 Å². The van der Waals surface area contributed by atoms with Gasteiger partial charge >= 0.3 is 6.09 Å². The number of likely N-dealkylation sites (N-methyl/N-ethyl adjacent to an activating group) is 1. The van der Waals surface area contributed by atoms with Crippen molar-refractivity contribution >= 4 is 52.8 Å². The largest absolute Gasteiger partial charge is 0.442 e. The van der Waals surface area contributed by atoms with Crippen molar-refractivity contribution in [3.05, 3.63) is 58.9 Å². The number of nitrogens with zero attached hydrogens (tertiary/aromatic N) is 4. The van der Waals surface area contributed by atoms with Crippen LogP contribution in [0.25, 0.3) is 0 Å². The summed E-state index contributed by atoms with van der Waals surface area (Å²) >= 11 is 9.64. The summed E-state index contributed by atoms with van der Waals surface area (Å²) in [6, 6.07) is 11.3. The highest BCUT2D eigenvalue weighted by Crippen LogP contribution is 2.29. The molecule has 2 heterocycles. The first-order valence-corrected chi connectivity index (χ1v) is 11.6. The average molecular weight is 507 g/mol. The van der Waals surface area contributed by atoms with Gasteiger partial charge in [-0.05, 0) is 42.5 Å². The summed E-state index contributed by atoms with van der Waals surface area (Å²) in [5.41, 5.74) is 1.35. The quantitative estimate of drug-likeness (QED) is 0.625. The number of carbonyl (C=O) groups excluding carboxylic acids is 3. The molecule has 0 radical (unpaired) electrons. The van der Waals surface area contributed by atoms with Gasteiger partial charge in [-0.15, -0.1) is 0 Å². The molecule has 2 aromatic carbocycles. The lowest BCUT2D eigenvalue weighted by Gasteiger charge is -2.36. The highest BCUT2D eigenvalue weighted by molar-refractivity contribution is 7.96. The van der Waals surface area contributed by atoms with Crippen molar-refractivity contribution in [2.24, 2.45) is 0 Å². The number of hydrogen-bond donors (Lipinski definition) is 1. The van der Waals surface area contributed by atoms with Crippen molar-refractivity contribution in [1.29, 1.82) is 0 Å². The van der Waals surface area contributed by atoms with E-state index in [-0.39, 0.29) is 19.0 Å². The van der Waals surface area contributed by atoms with Crippen molar-refractivity contribution < 1.29 is 23.5 Å². The molecule has 0 spiro atoms. The van der Waals surface area contributed by atoms with Crippen LogP contribution in [0.2, 0.25) is 5.02 Å². The zero-order valence-electron chi connectivity index (χ0n) is 18.5. The highest BCUT2D eigenvalue weighted by Gasteiger charge is 2.34. The molecule has 8 nitrogen and oxygen atoms in total. The number of cyclic esters (lactones) is 1. The van der Waals surface area contributed by atoms with Gasteiger partial charge in [-0.25, -0.2) is 9.18 Å². The van der Waals surface area contributed by atoms with Gasteiger partial charge in [0.2, 0.25) is 0 Å². The number of piperazine rings is 1. The Morgan fingerprint density at radius 1 is 1.15 bits per heavy atom. The summed E-state index contributed by atoms with van der Waals surface area (Å²) in [6.45, 7) is 2.28. The second-order valence-corrected chi connectivity index (χ2v) is 9.02. The fourth-order valence-corrected chi connectivity index (χ4v) is 4.26. The smallest absolute Gasteiger partial charge is 0.414 e. The maximum absolute atomic E-state index is 15.0. The molecule has 1 atom stereocenters. The number of ether oxygens (including phenoxy) is 1. The van der Waals surface area contributed by atoms with Gasteiger partial charge in [-0.2, -0.15) is 0 Å². The Bertz CT molecular complexity index is 1090. The lowest BCUT2D eigenvalue weighted by atomic mass is 10.1. The van der Waals surface area contributed by atoms with E-state index in [4.69, 9.17) is 16.3 Å². The van der Waals surface area contributed by atoms with Crippen LogP contribution < -0.4 is 9.80 Å². The zero-order valence-corrected chi connectivity index (χ0v) is 20.1. The van der Waals surface area contributed by atoms with E-state index < -0.39 is 23.3 Å². The van der Waals surface area contributed by atoms with E-state index in [9.17, 15) is 14.4 Å². The van der Waals surface area contributed by atoms with E-state index in [1.54, 1.807) is 48.3 Å². The molecule has 0 bridgehead atoms. The van der Waals surface area contributed by atoms with Crippen LogP contribution in [0.5, 0.6) is 0 Å². The predicted molar refractivity (Wildman–Crippen MR) is 131 cm³/mol. The Morgan fingerprint density at radius 3 is 2.44 bits per heavy atom. The van der Waals surface area contributed by atoms with Crippen LogP contribution in [0, 0.1) is 5.82 Å². The third-order valence-corrected chi connectivity index (χ3v) is 6.51. The SMILES string of the molecule is CN(CC1CN(c2ccc(N3CCN(C(=O)c4ccc(Cl)cc4)CC3)c(F)c2)C(=O)O1)C(=O)S. The number of benzene rings is 2. The maximum atomic E-state index is 15.0. The minimum atomic E-state index is -0.591. The van der Waals surface area contributed by atoms with Crippen LogP contribution >= 0.6 is 24.2 Å². The summed E-state index contributed by atoms with van der Waals surface area (Å²) in [6.07, 6.45) is -1.12. The number of halogens is 2. The number of hydrogen-bond acceptors (Lipinski definition) is 5. The molecule has 2 saturated heterocycles. The van der Waals surface area contributed by atoms with Gasteiger partial charge in [-0.1, -0.05) is 24.2 Å². The molecule has 2 aliphatic rings. The molecular formula is C23H24ClFN4O4S. The average Bonchev–Trinajstić information content (AvgIpc) is 3.19. The molecular weight excluding hydrogens is 483 g/mol. The van der Waals surface area contributed by atoms with Gasteiger partial charge in [0.25, 0.3) is 11.1 Å². The van der Waals surface area contributed by atoms with E-state index >= 15 is 4.39 Å². The Hall–Kier alpha value is -2.98. The first-order chi connectivity index (χ1) is 16.2. The summed E-state index contributed by atoms with van der Waals surface area (Å²) in [4.78, 5) is 42.6. The van der Waals surface area contributed by atoms with Crippen LogP contribution in [0.1, 0.15) is 10.4 Å². The van der Waals surface area contributed by atoms with E-state index in [2.05, 4.69) is 12.6 Å². The Labute approximate surface area is 207 Å². The molecule has 0 N–H and O–H groups in total. The number of anilines is 2. The van der Waals surface area contributed by atoms with Gasteiger partial charge in [0.1, 0.15) is 11.9 Å². The van der Waals surface area contributed by atoms with Crippen molar-refractivity contribution in [3.8, 4) is 0 Å². The van der Waals surface area contributed by atoms with Gasteiger partial charge in [0, 0.05) is 43.8 Å². The van der Waals surface area contributed by atoms with Gasteiger partial charge in [0.15, 0.2) is 0 Å². The molecule has 1 unspecified atom stereocenters. The summed E-state index contributed by atoms with van der Waals surface area (Å²) < 4.78 is 20.3. The lowest BCUT2D eigenvalue weighted by Crippen LogP contribution is -2.49. The number of thiol groups is 1. The molecule has 0 aliphatic carbocycles. The first kappa shape index (κ1) is 24.2. The standard InChI is InChI=1S/C23H24ClFN4O4S/c1-26(23(32)34)13-18-14-29(22(31)33-18)17-6-7-20(19(25)12-17)27-8-10-28(11-9-27)21(30)15-2-4-16(24)5-3-15/h2-7,12,18H,8-11,13-14H2,1H3,(H,32,34). The highest BCUT2D eigenvalue weighted by atomic mass is 35.5. The second-order valence-electron chi connectivity index (χ2n) is 8.20. The number of amides is 3. The number of rotatable bonds is 5. The summed E-state index contributed by atoms with van der Waals surface area (Å²) in [7, 11) is 1.56. The molecule has 2 aromatic rings. The molecule has 0 saturated carbocycles. The number of carbonyl (C=O) groups is 3. The predicted octanol–water partition coefficient (Wildman–Crippen LogP) is 3.75. The van der Waals surface area contributed by atoms with Gasteiger partial charge in [-0.3, -0.25) is 14.5 Å². The van der Waals surface area contributed by atoms with Crippen LogP contribution in [0.4, 0.5) is 25.4 Å². The van der Waals surface area contributed by atoms with Crippen LogP contribution in [-0.2, 0) is 4.74 Å². The molecule has 2 aliphatic heterocycles. The normalized spacial score (nSPS) is 18.2. The molecule has 4 rings (SSSR count). The molecule has 3 amide bonds. The van der Waals surface area contributed by atoms with Crippen molar-refractivity contribution in [2.45, 2.75) is 6.10 Å². The van der Waals surface area contributed by atoms with Crippen molar-refractivity contribution in [3.63, 3.8) is 0 Å². The van der Waals surface area contributed by atoms with Crippen molar-refractivity contribution in [2.75, 3.05) is 56.1 Å². The third-order valence-electron chi connectivity index (χ3n) is 5.92. The molecule has 180 valence electrons. The van der Waals surface area contributed by atoms with E-state index in [1.165, 1.54) is 15.9 Å². The Balaban J connectivity index is 1.37. The van der Waals surface area contributed by atoms with E-state index in [0.717, 1.165) is 0 Å². The topological polar surface area (TPSA) is 73.4 Å². The van der Waals surface area contributed by atoms with E-state index in [1.807, 2.05) is 4.90 Å². The van der Waals surface area contributed by atoms with Crippen LogP contribution in [0.3, 0.4) is 0 Å². The second kappa shape index (κ2) is 10.1. The maximum Gasteiger partial charge on any atom is 0.414 e. The minimum absolute atomic E-state index is 0.0838. The fourth-order valence-electron chi connectivity index (χ4n) is 4.06. The zero-order chi connectivity index (χ0) is 24.4. The molecule has 34 heavy (non-hydrogen) atoms. The third kappa shape index (κ3) is 5.23. The van der Waals surface area contributed by atoms with E-state index in [0.29, 0.717) is 48.1 Å². The molecule has 11 heteroatoms. The monoisotopic (exact) mass is 506 g/mol. The fraction of sp³-hybridized carbons (Fsp3) is 0.348. The van der Waals surface area contributed by atoms with Gasteiger partial charge < -0.3 is 19.4 Å². The van der Waals surface area contributed by atoms with Crippen LogP contribution in [-0.4, -0.2) is 79.5 Å². The summed E-state index contributed by atoms with van der Waals surface area (Å²) in [5, 5.41) is 0.137. The Kier molecular flexibility index (Phi) is 7.18. The first-order valence-electron chi connectivity index (χ1n) is 10.7. The van der Waals surface area contributed by atoms with Crippen LogP contribution in [0.15, 0.2) is 42.5 Å². The van der Waals surface area contributed by atoms with Crippen molar-refractivity contribution in [1.82, 2.24) is 9.80 Å².